The molecule has 1 aromatic carbocycles. The molecule has 2 heterocycles. The number of ketones is 1. The van der Waals surface area contributed by atoms with Crippen LogP contribution in [-0.4, -0.2) is 44.5 Å². The molecule has 156 valence electrons. The number of nitrogens with one attached hydrogen (secondary N) is 1. The summed E-state index contributed by atoms with van der Waals surface area (Å²) in [7, 11) is 0. The number of carbonyl (C=O) groups excluding carboxylic acids is 2. The van der Waals surface area contributed by atoms with Crippen molar-refractivity contribution in [1.29, 1.82) is 0 Å². The number of fused-ring (bicyclic) bond motifs is 1. The summed E-state index contributed by atoms with van der Waals surface area (Å²) in [5.74, 6) is 1.29. The van der Waals surface area contributed by atoms with Gasteiger partial charge in [0.2, 0.25) is 0 Å². The van der Waals surface area contributed by atoms with E-state index in [2.05, 4.69) is 32.2 Å². The molecule has 0 unspecified atom stereocenters. The molecule has 1 aliphatic carbocycles. The zero-order valence-electron chi connectivity index (χ0n) is 17.3. The Balaban J connectivity index is 1.49. The number of benzene rings is 1. The second kappa shape index (κ2) is 8.61. The monoisotopic (exact) mass is 406 g/mol. The predicted octanol–water partition coefficient (Wildman–Crippen LogP) is 3.29. The summed E-state index contributed by atoms with van der Waals surface area (Å²) in [6, 6.07) is 7.22. The molecule has 30 heavy (non-hydrogen) atoms. The van der Waals surface area contributed by atoms with Gasteiger partial charge in [-0.3, -0.25) is 14.3 Å². The van der Waals surface area contributed by atoms with Crippen molar-refractivity contribution in [2.75, 3.05) is 23.3 Å². The van der Waals surface area contributed by atoms with Crippen LogP contribution in [0.4, 0.5) is 11.5 Å². The molecule has 3 aromatic rings. The molecule has 1 amide bonds. The summed E-state index contributed by atoms with van der Waals surface area (Å²) in [6.07, 6.45) is 6.81. The number of anilines is 2. The number of aromatic nitrogens is 4. The Bertz CT molecular complexity index is 1070. The molecular weight excluding hydrogens is 380 g/mol. The maximum atomic E-state index is 12.8. The third kappa shape index (κ3) is 4.82. The lowest BCUT2D eigenvalue weighted by atomic mass is 10.2. The number of rotatable bonds is 9. The van der Waals surface area contributed by atoms with Crippen LogP contribution in [0.15, 0.2) is 36.8 Å². The summed E-state index contributed by atoms with van der Waals surface area (Å²) >= 11 is 0. The Hall–Kier alpha value is -3.29. The predicted molar refractivity (Wildman–Crippen MR) is 116 cm³/mol. The van der Waals surface area contributed by atoms with Gasteiger partial charge < -0.3 is 10.2 Å². The van der Waals surface area contributed by atoms with Crippen molar-refractivity contribution in [3.63, 3.8) is 0 Å². The van der Waals surface area contributed by atoms with Crippen LogP contribution in [0.2, 0.25) is 0 Å². The van der Waals surface area contributed by atoms with Crippen LogP contribution in [0.5, 0.6) is 0 Å². The van der Waals surface area contributed by atoms with E-state index in [1.165, 1.54) is 26.1 Å². The van der Waals surface area contributed by atoms with Crippen LogP contribution in [0.1, 0.15) is 43.6 Å². The van der Waals surface area contributed by atoms with Gasteiger partial charge >= 0.3 is 0 Å². The average molecular weight is 406 g/mol. The molecule has 0 radical (unpaired) electrons. The number of amides is 1. The number of nitrogens with zero attached hydrogens (tertiary/aromatic N) is 5. The van der Waals surface area contributed by atoms with Crippen LogP contribution < -0.4 is 10.2 Å². The standard InChI is InChI=1S/C22H26N6O2/c1-3-8-27(12-16-4-5-16)21-10-20(23-14-24-21)22(30)25-18-6-7-19-17(9-18)13-28(26-19)11-15(2)29/h6-7,9-10,13-14,16H,3-5,8,11-12H2,1-2H3,(H,25,30). The lowest BCUT2D eigenvalue weighted by molar-refractivity contribution is -0.117. The maximum absolute atomic E-state index is 12.8. The van der Waals surface area contributed by atoms with Crippen molar-refractivity contribution >= 4 is 34.1 Å². The molecule has 8 nitrogen and oxygen atoms in total. The average Bonchev–Trinajstić information content (AvgIpc) is 3.45. The minimum absolute atomic E-state index is 0.0368. The van der Waals surface area contributed by atoms with Gasteiger partial charge in [0, 0.05) is 36.4 Å². The van der Waals surface area contributed by atoms with Crippen molar-refractivity contribution < 1.29 is 9.59 Å². The van der Waals surface area contributed by atoms with Gasteiger partial charge in [0.25, 0.3) is 5.91 Å². The zero-order chi connectivity index (χ0) is 21.1. The summed E-state index contributed by atoms with van der Waals surface area (Å²) in [6.45, 7) is 5.79. The topological polar surface area (TPSA) is 93.0 Å². The highest BCUT2D eigenvalue weighted by Gasteiger charge is 2.25. The Labute approximate surface area is 175 Å². The van der Waals surface area contributed by atoms with E-state index in [1.54, 1.807) is 23.0 Å². The fraction of sp³-hybridized carbons (Fsp3) is 0.409. The normalized spacial score (nSPS) is 13.4. The molecule has 0 saturated heterocycles. The molecule has 2 aromatic heterocycles. The van der Waals surface area contributed by atoms with E-state index in [1.807, 2.05) is 12.1 Å². The first-order valence-corrected chi connectivity index (χ1v) is 10.4. The minimum atomic E-state index is -0.281. The van der Waals surface area contributed by atoms with E-state index in [9.17, 15) is 9.59 Å². The van der Waals surface area contributed by atoms with E-state index in [0.717, 1.165) is 42.1 Å². The van der Waals surface area contributed by atoms with Crippen LogP contribution in [-0.2, 0) is 11.3 Å². The van der Waals surface area contributed by atoms with Crippen molar-refractivity contribution in [3.05, 3.63) is 42.5 Å². The van der Waals surface area contributed by atoms with Crippen LogP contribution in [0.25, 0.3) is 10.9 Å². The van der Waals surface area contributed by atoms with Gasteiger partial charge in [-0.25, -0.2) is 9.97 Å². The van der Waals surface area contributed by atoms with Crippen molar-refractivity contribution in [1.82, 2.24) is 19.7 Å². The highest BCUT2D eigenvalue weighted by Crippen LogP contribution is 2.31. The molecule has 0 atom stereocenters. The van der Waals surface area contributed by atoms with Gasteiger partial charge in [-0.15, -0.1) is 0 Å². The van der Waals surface area contributed by atoms with E-state index in [4.69, 9.17) is 0 Å². The second-order valence-corrected chi connectivity index (χ2v) is 7.91. The highest BCUT2D eigenvalue weighted by molar-refractivity contribution is 6.04. The molecule has 1 saturated carbocycles. The third-order valence-electron chi connectivity index (χ3n) is 5.07. The van der Waals surface area contributed by atoms with Gasteiger partial charge in [0.15, 0.2) is 5.78 Å². The molecule has 0 spiro atoms. The van der Waals surface area contributed by atoms with Crippen LogP contribution in [0.3, 0.4) is 0 Å². The Morgan fingerprint density at radius 1 is 1.23 bits per heavy atom. The Morgan fingerprint density at radius 3 is 2.80 bits per heavy atom. The van der Waals surface area contributed by atoms with Crippen LogP contribution in [0, 0.1) is 5.92 Å². The molecule has 1 fully saturated rings. The Morgan fingerprint density at radius 2 is 2.07 bits per heavy atom. The van der Waals surface area contributed by atoms with Crippen LogP contribution >= 0.6 is 0 Å². The van der Waals surface area contributed by atoms with E-state index < -0.39 is 0 Å². The maximum Gasteiger partial charge on any atom is 0.274 e. The molecule has 0 bridgehead atoms. The molecule has 1 N–H and O–H groups in total. The minimum Gasteiger partial charge on any atom is -0.356 e. The lowest BCUT2D eigenvalue weighted by Crippen LogP contribution is -2.28. The first-order chi connectivity index (χ1) is 14.5. The quantitative estimate of drug-likeness (QED) is 0.586. The number of hydrogen-bond acceptors (Lipinski definition) is 6. The summed E-state index contributed by atoms with van der Waals surface area (Å²) < 4.78 is 1.61. The Kier molecular flexibility index (Phi) is 5.74. The molecular formula is C22H26N6O2. The van der Waals surface area contributed by atoms with E-state index in [0.29, 0.717) is 11.4 Å². The first-order valence-electron chi connectivity index (χ1n) is 10.4. The molecule has 1 aliphatic rings. The largest absolute Gasteiger partial charge is 0.356 e. The van der Waals surface area contributed by atoms with Gasteiger partial charge in [-0.05, 0) is 50.3 Å². The fourth-order valence-corrected chi connectivity index (χ4v) is 3.48. The van der Waals surface area contributed by atoms with E-state index in [-0.39, 0.29) is 18.2 Å². The van der Waals surface area contributed by atoms with Crippen molar-refractivity contribution in [2.24, 2.45) is 5.92 Å². The highest BCUT2D eigenvalue weighted by atomic mass is 16.2. The first kappa shape index (κ1) is 20.0. The van der Waals surface area contributed by atoms with Crippen molar-refractivity contribution in [3.8, 4) is 0 Å². The molecule has 8 heteroatoms. The summed E-state index contributed by atoms with van der Waals surface area (Å²) in [4.78, 5) is 34.9. The van der Waals surface area contributed by atoms with E-state index >= 15 is 0 Å². The van der Waals surface area contributed by atoms with Crippen molar-refractivity contribution in [2.45, 2.75) is 39.7 Å². The lowest BCUT2D eigenvalue weighted by Gasteiger charge is -2.23. The van der Waals surface area contributed by atoms with Gasteiger partial charge in [0.1, 0.15) is 17.8 Å². The SMILES string of the molecule is CCCN(CC1CC1)c1cc(C(=O)Nc2ccc3nn(CC(C)=O)cc3c2)ncn1. The number of hydrogen-bond donors (Lipinski definition) is 1. The number of Topliss-reactive ketones (excluding diaryl/α,β-unsaturated/α-hetero) is 1. The van der Waals surface area contributed by atoms with Gasteiger partial charge in [0.05, 0.1) is 12.1 Å². The smallest absolute Gasteiger partial charge is 0.274 e. The molecule has 0 aliphatic heterocycles. The third-order valence-corrected chi connectivity index (χ3v) is 5.07. The fourth-order valence-electron chi connectivity index (χ4n) is 3.48. The summed E-state index contributed by atoms with van der Waals surface area (Å²) in [5, 5.41) is 8.12. The summed E-state index contributed by atoms with van der Waals surface area (Å²) in [5.41, 5.74) is 1.76. The molecule has 4 rings (SSSR count). The second-order valence-electron chi connectivity index (χ2n) is 7.91. The number of carbonyl (C=O) groups is 2. The van der Waals surface area contributed by atoms with Gasteiger partial charge in [-0.1, -0.05) is 6.92 Å². The van der Waals surface area contributed by atoms with Gasteiger partial charge in [-0.2, -0.15) is 5.10 Å². The zero-order valence-corrected chi connectivity index (χ0v) is 17.3.